The smallest absolute Gasteiger partial charge is 0.243 e. The van der Waals surface area contributed by atoms with Gasteiger partial charge in [0.2, 0.25) is 5.91 Å². The van der Waals surface area contributed by atoms with Crippen molar-refractivity contribution in [3.63, 3.8) is 0 Å². The zero-order valence-electron chi connectivity index (χ0n) is 12.9. The first-order valence-corrected chi connectivity index (χ1v) is 7.60. The zero-order chi connectivity index (χ0) is 16.7. The fourth-order valence-electron chi connectivity index (χ4n) is 1.94. The van der Waals surface area contributed by atoms with Gasteiger partial charge in [0.25, 0.3) is 0 Å². The Hall–Kier alpha value is -2.46. The number of hydrogen-bond acceptors (Lipinski definition) is 3. The summed E-state index contributed by atoms with van der Waals surface area (Å²) in [4.78, 5) is 12.0. The molecule has 0 aliphatic rings. The largest absolute Gasteiger partial charge is 0.490 e. The predicted octanol–water partition coefficient (Wildman–Crippen LogP) is 4.26. The standard InChI is InChI=1S/C18H19ClN2O2/c1-3-11-23-15-9-7-14(8-10-15)20-12-18(22)21-17-6-4-5-16(19)13(17)2/h3-10,20H,1,11-12H2,2H3,(H,21,22). The first-order chi connectivity index (χ1) is 11.1. The minimum atomic E-state index is -0.137. The number of ether oxygens (including phenoxy) is 1. The Morgan fingerprint density at radius 1 is 1.26 bits per heavy atom. The molecule has 0 saturated heterocycles. The molecule has 0 atom stereocenters. The highest BCUT2D eigenvalue weighted by atomic mass is 35.5. The van der Waals surface area contributed by atoms with E-state index in [-0.39, 0.29) is 12.5 Å². The van der Waals surface area contributed by atoms with E-state index >= 15 is 0 Å². The summed E-state index contributed by atoms with van der Waals surface area (Å²) in [6.45, 7) is 6.10. The van der Waals surface area contributed by atoms with Crippen molar-refractivity contribution in [1.29, 1.82) is 0 Å². The molecule has 0 heterocycles. The van der Waals surface area contributed by atoms with Crippen LogP contribution in [0.1, 0.15) is 5.56 Å². The van der Waals surface area contributed by atoms with E-state index < -0.39 is 0 Å². The molecule has 120 valence electrons. The van der Waals surface area contributed by atoms with Crippen molar-refractivity contribution < 1.29 is 9.53 Å². The molecule has 2 aromatic carbocycles. The second-order valence-electron chi connectivity index (χ2n) is 4.94. The Labute approximate surface area is 141 Å². The number of carbonyl (C=O) groups is 1. The Kier molecular flexibility index (Phi) is 6.06. The molecular weight excluding hydrogens is 312 g/mol. The van der Waals surface area contributed by atoms with Crippen molar-refractivity contribution in [1.82, 2.24) is 0 Å². The number of benzene rings is 2. The molecule has 4 nitrogen and oxygen atoms in total. The van der Waals surface area contributed by atoms with Crippen molar-refractivity contribution in [3.05, 3.63) is 65.7 Å². The second kappa shape index (κ2) is 8.25. The summed E-state index contributed by atoms with van der Waals surface area (Å²) in [5, 5.41) is 6.53. The fraction of sp³-hybridized carbons (Fsp3) is 0.167. The molecule has 0 aromatic heterocycles. The number of nitrogens with one attached hydrogen (secondary N) is 2. The summed E-state index contributed by atoms with van der Waals surface area (Å²) in [6, 6.07) is 12.8. The van der Waals surface area contributed by atoms with Crippen LogP contribution in [0, 0.1) is 6.92 Å². The number of anilines is 2. The number of hydrogen-bond donors (Lipinski definition) is 2. The van der Waals surface area contributed by atoms with Gasteiger partial charge in [0.1, 0.15) is 12.4 Å². The lowest BCUT2D eigenvalue weighted by atomic mass is 10.2. The van der Waals surface area contributed by atoms with Crippen molar-refractivity contribution >= 4 is 28.9 Å². The van der Waals surface area contributed by atoms with Crippen LogP contribution in [0.4, 0.5) is 11.4 Å². The molecule has 0 bridgehead atoms. The maximum atomic E-state index is 12.0. The van der Waals surface area contributed by atoms with E-state index in [1.165, 1.54) is 0 Å². The monoisotopic (exact) mass is 330 g/mol. The van der Waals surface area contributed by atoms with Crippen molar-refractivity contribution in [2.75, 3.05) is 23.8 Å². The van der Waals surface area contributed by atoms with Crippen LogP contribution >= 0.6 is 11.6 Å². The fourth-order valence-corrected chi connectivity index (χ4v) is 2.12. The topological polar surface area (TPSA) is 50.4 Å². The molecule has 23 heavy (non-hydrogen) atoms. The van der Waals surface area contributed by atoms with Crippen LogP contribution in [0.2, 0.25) is 5.02 Å². The van der Waals surface area contributed by atoms with E-state index in [4.69, 9.17) is 16.3 Å². The van der Waals surface area contributed by atoms with Crippen LogP contribution in [0.15, 0.2) is 55.1 Å². The Morgan fingerprint density at radius 3 is 2.70 bits per heavy atom. The number of amides is 1. The quantitative estimate of drug-likeness (QED) is 0.746. The normalized spacial score (nSPS) is 10.0. The molecule has 5 heteroatoms. The number of carbonyl (C=O) groups excluding carboxylic acids is 1. The molecule has 0 spiro atoms. The predicted molar refractivity (Wildman–Crippen MR) is 95.4 cm³/mol. The number of rotatable bonds is 7. The summed E-state index contributed by atoms with van der Waals surface area (Å²) in [5.74, 6) is 0.622. The third kappa shape index (κ3) is 5.04. The molecule has 0 aliphatic carbocycles. The molecule has 0 radical (unpaired) electrons. The zero-order valence-corrected chi connectivity index (χ0v) is 13.7. The second-order valence-corrected chi connectivity index (χ2v) is 5.35. The van der Waals surface area contributed by atoms with Crippen LogP contribution in [0.3, 0.4) is 0 Å². The summed E-state index contributed by atoms with van der Waals surface area (Å²) < 4.78 is 5.40. The van der Waals surface area contributed by atoms with Gasteiger partial charge in [-0.05, 0) is 48.9 Å². The lowest BCUT2D eigenvalue weighted by Gasteiger charge is -2.11. The Bertz CT molecular complexity index is 684. The van der Waals surface area contributed by atoms with Gasteiger partial charge in [0, 0.05) is 16.4 Å². The maximum absolute atomic E-state index is 12.0. The maximum Gasteiger partial charge on any atom is 0.243 e. The highest BCUT2D eigenvalue weighted by Crippen LogP contribution is 2.22. The van der Waals surface area contributed by atoms with Gasteiger partial charge in [-0.2, -0.15) is 0 Å². The highest BCUT2D eigenvalue weighted by molar-refractivity contribution is 6.31. The third-order valence-electron chi connectivity index (χ3n) is 3.22. The summed E-state index contributed by atoms with van der Waals surface area (Å²) >= 11 is 6.04. The first-order valence-electron chi connectivity index (χ1n) is 7.22. The lowest BCUT2D eigenvalue weighted by Crippen LogP contribution is -2.22. The SMILES string of the molecule is C=CCOc1ccc(NCC(=O)Nc2cccc(Cl)c2C)cc1. The third-order valence-corrected chi connectivity index (χ3v) is 3.63. The molecule has 1 amide bonds. The van der Waals surface area contributed by atoms with Gasteiger partial charge in [-0.25, -0.2) is 0 Å². The van der Waals surface area contributed by atoms with E-state index in [0.717, 1.165) is 22.7 Å². The van der Waals surface area contributed by atoms with E-state index in [0.29, 0.717) is 11.6 Å². The van der Waals surface area contributed by atoms with Crippen LogP contribution in [-0.4, -0.2) is 19.1 Å². The lowest BCUT2D eigenvalue weighted by molar-refractivity contribution is -0.114. The summed E-state index contributed by atoms with van der Waals surface area (Å²) in [6.07, 6.45) is 1.69. The van der Waals surface area contributed by atoms with Crippen LogP contribution in [-0.2, 0) is 4.79 Å². The van der Waals surface area contributed by atoms with Crippen molar-refractivity contribution in [3.8, 4) is 5.75 Å². The van der Waals surface area contributed by atoms with Gasteiger partial charge in [-0.1, -0.05) is 30.3 Å². The number of halogens is 1. The van der Waals surface area contributed by atoms with E-state index in [1.807, 2.05) is 37.3 Å². The van der Waals surface area contributed by atoms with Gasteiger partial charge in [-0.3, -0.25) is 4.79 Å². The Morgan fingerprint density at radius 2 is 2.00 bits per heavy atom. The molecule has 2 aromatic rings. The van der Waals surface area contributed by atoms with E-state index in [2.05, 4.69) is 17.2 Å². The molecule has 0 saturated carbocycles. The molecular formula is C18H19ClN2O2. The molecule has 0 aliphatic heterocycles. The van der Waals surface area contributed by atoms with Crippen LogP contribution in [0.5, 0.6) is 5.75 Å². The highest BCUT2D eigenvalue weighted by Gasteiger charge is 2.06. The molecule has 0 unspecified atom stereocenters. The van der Waals surface area contributed by atoms with Crippen molar-refractivity contribution in [2.45, 2.75) is 6.92 Å². The van der Waals surface area contributed by atoms with Gasteiger partial charge in [-0.15, -0.1) is 0 Å². The minimum absolute atomic E-state index is 0.137. The Balaban J connectivity index is 1.86. The van der Waals surface area contributed by atoms with E-state index in [9.17, 15) is 4.79 Å². The summed E-state index contributed by atoms with van der Waals surface area (Å²) in [5.41, 5.74) is 2.41. The molecule has 0 fully saturated rings. The van der Waals surface area contributed by atoms with Gasteiger partial charge in [0.15, 0.2) is 0 Å². The average molecular weight is 331 g/mol. The minimum Gasteiger partial charge on any atom is -0.490 e. The van der Waals surface area contributed by atoms with Crippen LogP contribution < -0.4 is 15.4 Å². The van der Waals surface area contributed by atoms with Gasteiger partial charge < -0.3 is 15.4 Å². The van der Waals surface area contributed by atoms with Gasteiger partial charge in [0.05, 0.1) is 6.54 Å². The van der Waals surface area contributed by atoms with E-state index in [1.54, 1.807) is 18.2 Å². The summed E-state index contributed by atoms with van der Waals surface area (Å²) in [7, 11) is 0. The van der Waals surface area contributed by atoms with Crippen molar-refractivity contribution in [2.24, 2.45) is 0 Å². The van der Waals surface area contributed by atoms with Crippen LogP contribution in [0.25, 0.3) is 0 Å². The molecule has 2 rings (SSSR count). The average Bonchev–Trinajstić information content (AvgIpc) is 2.56. The van der Waals surface area contributed by atoms with Gasteiger partial charge >= 0.3 is 0 Å². The first kappa shape index (κ1) is 16.9. The molecule has 2 N–H and O–H groups in total.